The summed E-state index contributed by atoms with van der Waals surface area (Å²) in [4.78, 5) is 2.26. The summed E-state index contributed by atoms with van der Waals surface area (Å²) >= 11 is 0. The van der Waals surface area contributed by atoms with Gasteiger partial charge in [0.05, 0.1) is 13.8 Å². The molecule has 0 saturated heterocycles. The van der Waals surface area contributed by atoms with Crippen molar-refractivity contribution in [1.82, 2.24) is 4.57 Å². The van der Waals surface area contributed by atoms with Gasteiger partial charge in [-0.1, -0.05) is 173 Å². The third-order valence-corrected chi connectivity index (χ3v) is 13.0. The van der Waals surface area contributed by atoms with Crippen molar-refractivity contribution in [2.75, 3.05) is 4.90 Å². The third-order valence-electron chi connectivity index (χ3n) is 13.0. The number of aromatic nitrogens is 1. The zero-order valence-electron chi connectivity index (χ0n) is 36.4. The van der Waals surface area contributed by atoms with Gasteiger partial charge >= 0.3 is 0 Å². The second-order valence-corrected chi connectivity index (χ2v) is 17.2. The summed E-state index contributed by atoms with van der Waals surface area (Å²) in [5.41, 5.74) is 17.9. The van der Waals surface area contributed by atoms with Crippen LogP contribution in [-0.2, 0) is 10.8 Å². The molecule has 9 aromatic rings. The Morgan fingerprint density at radius 1 is 0.433 bits per heavy atom. The molecule has 288 valence electrons. The Hall–Kier alpha value is -7.16. The molecular formula is C58H46N2. The largest absolute Gasteiger partial charge is 0.311 e. The molecule has 2 nitrogen and oxygen atoms in total. The summed E-state index contributed by atoms with van der Waals surface area (Å²) in [6.07, 6.45) is 0. The highest BCUT2D eigenvalue weighted by Gasteiger charge is 2.49. The average Bonchev–Trinajstić information content (AvgIpc) is 3.87. The van der Waals surface area contributed by atoms with Crippen LogP contribution in [0.1, 0.15) is 63.8 Å². The summed E-state index contributed by atoms with van der Waals surface area (Å²) in [5, 5.41) is 2.53. The van der Waals surface area contributed by atoms with Crippen LogP contribution in [0.5, 0.6) is 0 Å². The number of rotatable bonds is 7. The van der Waals surface area contributed by atoms with Gasteiger partial charge in [0, 0.05) is 44.4 Å². The molecule has 0 N–H and O–H groups in total. The number of allylic oxidation sites excluding steroid dienone is 2. The lowest BCUT2D eigenvalue weighted by Crippen LogP contribution is -2.19. The molecule has 1 heterocycles. The van der Waals surface area contributed by atoms with Crippen molar-refractivity contribution >= 4 is 62.1 Å². The van der Waals surface area contributed by atoms with Crippen molar-refractivity contribution in [1.29, 1.82) is 0 Å². The van der Waals surface area contributed by atoms with Gasteiger partial charge in [-0.15, -0.1) is 0 Å². The van der Waals surface area contributed by atoms with Crippen molar-refractivity contribution in [2.45, 2.75) is 38.5 Å². The second-order valence-electron chi connectivity index (χ2n) is 17.2. The summed E-state index contributed by atoms with van der Waals surface area (Å²) in [5.74, 6) is 0. The lowest BCUT2D eigenvalue weighted by atomic mass is 9.75. The normalized spacial score (nSPS) is 15.6. The monoisotopic (exact) mass is 772 g/mol. The first-order chi connectivity index (χ1) is 30.1. The number of para-hydroxylation sites is 4. The van der Waals surface area contributed by atoms with Gasteiger partial charge in [0.25, 0.3) is 0 Å². The molecule has 0 bridgehead atoms. The summed E-state index contributed by atoms with van der Waals surface area (Å²) in [6, 6.07) is 68.8. The minimum absolute atomic E-state index is 0.216. The van der Waals surface area contributed by atoms with Crippen LogP contribution in [0.25, 0.3) is 61.9 Å². The Morgan fingerprint density at radius 2 is 0.867 bits per heavy atom. The van der Waals surface area contributed by atoms with E-state index in [4.69, 9.17) is 0 Å². The van der Waals surface area contributed by atoms with Crippen molar-refractivity contribution in [3.63, 3.8) is 0 Å². The standard InChI is InChI=1S/C58H46N2/c1-57(2)51-37-40(24-23-39-25-28-41(29-26-39)42-30-32-45(33-31-42)59(43-15-7-5-8-16-43)44-17-9-6-10-18-44)27-35-49(51)55-56(57)50-36-34-46(38-52(50)58(55,3)4)60-53-21-13-11-19-47(53)48-20-12-14-22-54(48)60/h5-38H,1-4H3/b24-23+/i23D,24D. The van der Waals surface area contributed by atoms with Crippen LogP contribution < -0.4 is 4.90 Å². The quantitative estimate of drug-likeness (QED) is 0.147. The van der Waals surface area contributed by atoms with Gasteiger partial charge in [0.15, 0.2) is 0 Å². The van der Waals surface area contributed by atoms with Crippen LogP contribution in [-0.4, -0.2) is 4.57 Å². The Labute approximate surface area is 355 Å². The van der Waals surface area contributed by atoms with Gasteiger partial charge < -0.3 is 9.47 Å². The molecule has 0 aliphatic heterocycles. The van der Waals surface area contributed by atoms with Crippen LogP contribution in [0, 0.1) is 0 Å². The molecule has 0 amide bonds. The smallest absolute Gasteiger partial charge is 0.0629 e. The highest BCUT2D eigenvalue weighted by molar-refractivity contribution is 6.11. The highest BCUT2D eigenvalue weighted by Crippen LogP contribution is 2.62. The van der Waals surface area contributed by atoms with Gasteiger partial charge in [0.2, 0.25) is 0 Å². The van der Waals surface area contributed by atoms with Crippen molar-refractivity contribution in [2.24, 2.45) is 0 Å². The fourth-order valence-electron chi connectivity index (χ4n) is 10.1. The average molecular weight is 773 g/mol. The van der Waals surface area contributed by atoms with E-state index in [0.717, 1.165) is 39.3 Å². The molecule has 0 radical (unpaired) electrons. The fraction of sp³-hybridized carbons (Fsp3) is 0.103. The van der Waals surface area contributed by atoms with E-state index in [1.54, 1.807) is 0 Å². The van der Waals surface area contributed by atoms with Crippen LogP contribution in [0.15, 0.2) is 194 Å². The van der Waals surface area contributed by atoms with Crippen molar-refractivity contribution < 1.29 is 2.74 Å². The Kier molecular flexibility index (Phi) is 7.72. The fourth-order valence-corrected chi connectivity index (χ4v) is 10.1. The Bertz CT molecular complexity index is 3190. The van der Waals surface area contributed by atoms with Gasteiger partial charge in [-0.3, -0.25) is 0 Å². The number of benzene rings is 8. The molecule has 2 heteroatoms. The van der Waals surface area contributed by atoms with E-state index in [9.17, 15) is 2.74 Å². The highest BCUT2D eigenvalue weighted by atomic mass is 15.1. The van der Waals surface area contributed by atoms with Gasteiger partial charge in [-0.2, -0.15) is 0 Å². The minimum Gasteiger partial charge on any atom is -0.311 e. The van der Waals surface area contributed by atoms with E-state index in [1.165, 1.54) is 60.9 Å². The number of fused-ring (bicyclic) bond motifs is 7. The summed E-state index contributed by atoms with van der Waals surface area (Å²) < 4.78 is 20.9. The number of hydrogen-bond acceptors (Lipinski definition) is 1. The molecule has 0 spiro atoms. The zero-order valence-corrected chi connectivity index (χ0v) is 34.4. The van der Waals surface area contributed by atoms with Gasteiger partial charge in [-0.05, 0) is 116 Å². The molecular weight excluding hydrogens is 725 g/mol. The Morgan fingerprint density at radius 3 is 1.43 bits per heavy atom. The van der Waals surface area contributed by atoms with Crippen LogP contribution in [0.2, 0.25) is 0 Å². The topological polar surface area (TPSA) is 8.17 Å². The molecule has 0 saturated carbocycles. The molecule has 2 aliphatic carbocycles. The first-order valence-electron chi connectivity index (χ1n) is 21.9. The molecule has 60 heavy (non-hydrogen) atoms. The molecule has 0 atom stereocenters. The van der Waals surface area contributed by atoms with Crippen LogP contribution in [0.3, 0.4) is 0 Å². The summed E-state index contributed by atoms with van der Waals surface area (Å²) in [7, 11) is 0. The predicted molar refractivity (Wildman–Crippen MR) is 256 cm³/mol. The van der Waals surface area contributed by atoms with E-state index >= 15 is 0 Å². The number of anilines is 3. The molecule has 8 aromatic carbocycles. The number of nitrogens with zero attached hydrogens (tertiary/aromatic N) is 2. The molecule has 0 fully saturated rings. The lowest BCUT2D eigenvalue weighted by molar-refractivity contribution is 0.693. The van der Waals surface area contributed by atoms with Crippen LogP contribution in [0.4, 0.5) is 17.1 Å². The lowest BCUT2D eigenvalue weighted by Gasteiger charge is -2.28. The molecule has 2 aliphatic rings. The maximum absolute atomic E-state index is 9.30. The maximum Gasteiger partial charge on any atom is 0.0629 e. The third kappa shape index (κ3) is 5.62. The van der Waals surface area contributed by atoms with Crippen molar-refractivity contribution in [3.05, 3.63) is 228 Å². The second kappa shape index (κ2) is 13.7. The van der Waals surface area contributed by atoms with E-state index in [0.29, 0.717) is 0 Å². The minimum atomic E-state index is -0.281. The van der Waals surface area contributed by atoms with Gasteiger partial charge in [-0.25, -0.2) is 0 Å². The first kappa shape index (κ1) is 33.8. The van der Waals surface area contributed by atoms with E-state index in [1.807, 2.05) is 24.3 Å². The van der Waals surface area contributed by atoms with E-state index in [2.05, 4.69) is 207 Å². The SMILES string of the molecule is [2H]/C(=C(/[2H])c1ccc2c(c1)C(C)(C)C1=C2C(C)(C)c2cc(-n3c4ccccc4c4ccccc43)ccc21)c1ccc(-c2ccc(N(c3ccccc3)c3ccccc3)cc2)cc1. The van der Waals surface area contributed by atoms with Crippen LogP contribution >= 0.6 is 0 Å². The van der Waals surface area contributed by atoms with E-state index in [-0.39, 0.29) is 22.9 Å². The first-order valence-corrected chi connectivity index (χ1v) is 20.9. The molecule has 0 unspecified atom stereocenters. The van der Waals surface area contributed by atoms with Gasteiger partial charge in [0.1, 0.15) is 0 Å². The predicted octanol–water partition coefficient (Wildman–Crippen LogP) is 15.6. The van der Waals surface area contributed by atoms with Crippen molar-refractivity contribution in [3.8, 4) is 16.8 Å². The molecule has 11 rings (SSSR count). The Balaban J connectivity index is 0.878. The maximum atomic E-state index is 9.30. The van der Waals surface area contributed by atoms with E-state index < -0.39 is 0 Å². The zero-order chi connectivity index (χ0) is 42.3. The summed E-state index contributed by atoms with van der Waals surface area (Å²) in [6.45, 7) is 9.38. The molecule has 1 aromatic heterocycles. The number of hydrogen-bond donors (Lipinski definition) is 0.